The Morgan fingerprint density at radius 3 is 2.77 bits per heavy atom. The Morgan fingerprint density at radius 2 is 1.86 bits per heavy atom. The lowest BCUT2D eigenvalue weighted by atomic mass is 10.00. The van der Waals surface area contributed by atoms with E-state index < -0.39 is 0 Å². The van der Waals surface area contributed by atoms with Crippen molar-refractivity contribution in [2.24, 2.45) is 0 Å². The first-order valence-electron chi connectivity index (χ1n) is 8.91. The first-order chi connectivity index (χ1) is 10.9. The molecule has 4 rings (SSSR count). The Kier molecular flexibility index (Phi) is 4.17. The van der Waals surface area contributed by atoms with Crippen molar-refractivity contribution in [2.75, 3.05) is 26.2 Å². The third-order valence-corrected chi connectivity index (χ3v) is 5.46. The van der Waals surface area contributed by atoms with Crippen molar-refractivity contribution in [1.82, 2.24) is 14.8 Å². The number of piperidine rings is 1. The maximum atomic E-state index is 3.43. The molecule has 1 atom stereocenters. The van der Waals surface area contributed by atoms with Gasteiger partial charge in [0.2, 0.25) is 0 Å². The predicted molar refractivity (Wildman–Crippen MR) is 92.0 cm³/mol. The normalized spacial score (nSPS) is 24.3. The van der Waals surface area contributed by atoms with Crippen molar-refractivity contribution in [3.05, 3.63) is 36.0 Å². The minimum absolute atomic E-state index is 0.747. The molecule has 2 aromatic rings. The molecule has 0 spiro atoms. The maximum absolute atomic E-state index is 3.43. The van der Waals surface area contributed by atoms with Crippen molar-refractivity contribution in [3.8, 4) is 0 Å². The molecule has 0 bridgehead atoms. The van der Waals surface area contributed by atoms with E-state index in [9.17, 15) is 0 Å². The summed E-state index contributed by atoms with van der Waals surface area (Å²) in [5.41, 5.74) is 2.78. The fraction of sp³-hybridized carbons (Fsp3) is 0.579. The number of para-hydroxylation sites is 1. The summed E-state index contributed by atoms with van der Waals surface area (Å²) in [6.45, 7) is 6.26. The minimum atomic E-state index is 0.747. The van der Waals surface area contributed by atoms with Gasteiger partial charge in [0.15, 0.2) is 0 Å². The van der Waals surface area contributed by atoms with E-state index in [0.29, 0.717) is 0 Å². The van der Waals surface area contributed by atoms with E-state index in [-0.39, 0.29) is 0 Å². The second-order valence-corrected chi connectivity index (χ2v) is 6.99. The lowest BCUT2D eigenvalue weighted by molar-refractivity contribution is 0.107. The van der Waals surface area contributed by atoms with Crippen LogP contribution in [0.3, 0.4) is 0 Å². The Bertz CT molecular complexity index is 612. The van der Waals surface area contributed by atoms with Gasteiger partial charge in [0.05, 0.1) is 0 Å². The maximum Gasteiger partial charge on any atom is 0.0499 e. The molecule has 2 fully saturated rings. The topological polar surface area (TPSA) is 22.3 Å². The molecular weight excluding hydrogens is 270 g/mol. The largest absolute Gasteiger partial charge is 0.361 e. The van der Waals surface area contributed by atoms with Crippen molar-refractivity contribution < 1.29 is 0 Å². The first kappa shape index (κ1) is 14.3. The van der Waals surface area contributed by atoms with Gasteiger partial charge in [0.25, 0.3) is 0 Å². The zero-order valence-corrected chi connectivity index (χ0v) is 13.4. The highest BCUT2D eigenvalue weighted by molar-refractivity contribution is 5.82. The van der Waals surface area contributed by atoms with Crippen LogP contribution in [-0.2, 0) is 6.54 Å². The first-order valence-corrected chi connectivity index (χ1v) is 8.91. The number of rotatable bonds is 4. The molecule has 3 nitrogen and oxygen atoms in total. The molecule has 0 radical (unpaired) electrons. The van der Waals surface area contributed by atoms with Gasteiger partial charge in [0, 0.05) is 30.8 Å². The van der Waals surface area contributed by atoms with E-state index >= 15 is 0 Å². The molecular formula is C19H27N3. The van der Waals surface area contributed by atoms with Crippen molar-refractivity contribution in [2.45, 2.75) is 44.7 Å². The van der Waals surface area contributed by atoms with Gasteiger partial charge in [-0.05, 0) is 62.3 Å². The van der Waals surface area contributed by atoms with Crippen LogP contribution < -0.4 is 0 Å². The molecule has 1 N–H and O–H groups in total. The summed E-state index contributed by atoms with van der Waals surface area (Å²) < 4.78 is 0. The summed E-state index contributed by atoms with van der Waals surface area (Å²) in [6.07, 6.45) is 8.99. The van der Waals surface area contributed by atoms with Crippen molar-refractivity contribution >= 4 is 10.9 Å². The molecule has 2 saturated heterocycles. The lowest BCUT2D eigenvalue weighted by Crippen LogP contribution is -2.45. The third-order valence-electron chi connectivity index (χ3n) is 5.46. The van der Waals surface area contributed by atoms with E-state index in [4.69, 9.17) is 0 Å². The molecule has 0 unspecified atom stereocenters. The molecule has 1 aromatic heterocycles. The summed E-state index contributed by atoms with van der Waals surface area (Å²) in [5, 5.41) is 1.34. The number of hydrogen-bond acceptors (Lipinski definition) is 2. The number of fused-ring (bicyclic) bond motifs is 1. The summed E-state index contributed by atoms with van der Waals surface area (Å²) in [4.78, 5) is 8.84. The standard InChI is InChI=1S/C19H27N3/c1-2-13-22(18(8-1)15-21-11-3-4-12-21)14-17-7-5-6-16-9-10-20-19(16)17/h5-7,9-10,18,20H,1-4,8,11-15H2/t18-/m0/s1. The Balaban J connectivity index is 1.50. The van der Waals surface area contributed by atoms with Crippen LogP contribution in [0.5, 0.6) is 0 Å². The quantitative estimate of drug-likeness (QED) is 0.931. The van der Waals surface area contributed by atoms with Gasteiger partial charge in [-0.15, -0.1) is 0 Å². The molecule has 0 saturated carbocycles. The molecule has 3 heteroatoms. The number of aromatic nitrogens is 1. The van der Waals surface area contributed by atoms with Crippen LogP contribution in [0.2, 0.25) is 0 Å². The Labute approximate surface area is 133 Å². The number of likely N-dealkylation sites (tertiary alicyclic amines) is 2. The van der Waals surface area contributed by atoms with Crippen LogP contribution in [-0.4, -0.2) is 47.0 Å². The lowest BCUT2D eigenvalue weighted by Gasteiger charge is -2.38. The second-order valence-electron chi connectivity index (χ2n) is 6.99. The fourth-order valence-corrected chi connectivity index (χ4v) is 4.24. The number of H-pyrrole nitrogens is 1. The number of nitrogens with zero attached hydrogens (tertiary/aromatic N) is 2. The van der Waals surface area contributed by atoms with E-state index in [1.54, 1.807) is 0 Å². The molecule has 118 valence electrons. The van der Waals surface area contributed by atoms with Gasteiger partial charge >= 0.3 is 0 Å². The van der Waals surface area contributed by atoms with Gasteiger partial charge in [-0.2, -0.15) is 0 Å². The van der Waals surface area contributed by atoms with E-state index in [2.05, 4.69) is 45.2 Å². The summed E-state index contributed by atoms with van der Waals surface area (Å²) in [6, 6.07) is 9.62. The molecule has 0 amide bonds. The number of hydrogen-bond donors (Lipinski definition) is 1. The van der Waals surface area contributed by atoms with E-state index in [1.165, 1.54) is 74.7 Å². The average molecular weight is 297 g/mol. The summed E-state index contributed by atoms with van der Waals surface area (Å²) in [7, 11) is 0. The monoisotopic (exact) mass is 297 g/mol. The van der Waals surface area contributed by atoms with Crippen molar-refractivity contribution in [1.29, 1.82) is 0 Å². The average Bonchev–Trinajstić information content (AvgIpc) is 3.21. The van der Waals surface area contributed by atoms with E-state index in [0.717, 1.165) is 12.6 Å². The minimum Gasteiger partial charge on any atom is -0.361 e. The summed E-state index contributed by atoms with van der Waals surface area (Å²) in [5.74, 6) is 0. The highest BCUT2D eigenvalue weighted by atomic mass is 15.2. The molecule has 3 heterocycles. The van der Waals surface area contributed by atoms with Crippen LogP contribution in [0, 0.1) is 0 Å². The zero-order valence-electron chi connectivity index (χ0n) is 13.4. The van der Waals surface area contributed by atoms with Gasteiger partial charge in [-0.25, -0.2) is 0 Å². The zero-order chi connectivity index (χ0) is 14.8. The fourth-order valence-electron chi connectivity index (χ4n) is 4.24. The number of aromatic amines is 1. The van der Waals surface area contributed by atoms with E-state index in [1.807, 2.05) is 0 Å². The Hall–Kier alpha value is -1.32. The predicted octanol–water partition coefficient (Wildman–Crippen LogP) is 3.62. The molecule has 0 aliphatic carbocycles. The number of benzene rings is 1. The van der Waals surface area contributed by atoms with Gasteiger partial charge in [-0.3, -0.25) is 4.90 Å². The molecule has 2 aliphatic heterocycles. The van der Waals surface area contributed by atoms with Crippen LogP contribution in [0.15, 0.2) is 30.5 Å². The number of nitrogens with one attached hydrogen (secondary N) is 1. The second kappa shape index (κ2) is 6.43. The van der Waals surface area contributed by atoms with Gasteiger partial charge in [-0.1, -0.05) is 24.6 Å². The Morgan fingerprint density at radius 1 is 1.00 bits per heavy atom. The highest BCUT2D eigenvalue weighted by Crippen LogP contribution is 2.24. The van der Waals surface area contributed by atoms with Crippen LogP contribution >= 0.6 is 0 Å². The van der Waals surface area contributed by atoms with Gasteiger partial charge in [0.1, 0.15) is 0 Å². The molecule has 1 aromatic carbocycles. The van der Waals surface area contributed by atoms with Crippen LogP contribution in [0.25, 0.3) is 10.9 Å². The van der Waals surface area contributed by atoms with Gasteiger partial charge < -0.3 is 9.88 Å². The van der Waals surface area contributed by atoms with Crippen molar-refractivity contribution in [3.63, 3.8) is 0 Å². The SMILES string of the molecule is c1cc(CN2CCCC[C@H]2CN2CCCC2)c2[nH]ccc2c1. The summed E-state index contributed by atoms with van der Waals surface area (Å²) >= 11 is 0. The third kappa shape index (κ3) is 2.92. The molecule has 22 heavy (non-hydrogen) atoms. The molecule has 2 aliphatic rings. The van der Waals surface area contributed by atoms with Crippen LogP contribution in [0.4, 0.5) is 0 Å². The highest BCUT2D eigenvalue weighted by Gasteiger charge is 2.26. The van der Waals surface area contributed by atoms with Crippen LogP contribution in [0.1, 0.15) is 37.7 Å². The smallest absolute Gasteiger partial charge is 0.0499 e.